The number of fused-ring (bicyclic) bond motifs is 3. The lowest BCUT2D eigenvalue weighted by Crippen LogP contribution is -2.58. The molecule has 0 aliphatic carbocycles. The molecule has 0 bridgehead atoms. The number of carbonyl (C=O) groups excluding carboxylic acids is 4. The molecule has 0 radical (unpaired) electrons. The fourth-order valence-electron chi connectivity index (χ4n) is 8.43. The summed E-state index contributed by atoms with van der Waals surface area (Å²) >= 11 is 0. The Morgan fingerprint density at radius 1 is 0.941 bits per heavy atom. The molecule has 10 nitrogen and oxygen atoms in total. The van der Waals surface area contributed by atoms with Gasteiger partial charge in [0.1, 0.15) is 23.7 Å². The molecule has 2 saturated heterocycles. The second-order valence-corrected chi connectivity index (χ2v) is 14.5. The van der Waals surface area contributed by atoms with Crippen LogP contribution >= 0.6 is 0 Å². The van der Waals surface area contributed by atoms with Gasteiger partial charge in [-0.1, -0.05) is 98.8 Å². The van der Waals surface area contributed by atoms with Gasteiger partial charge in [0, 0.05) is 18.7 Å². The summed E-state index contributed by atoms with van der Waals surface area (Å²) in [6.45, 7) is 5.65. The van der Waals surface area contributed by atoms with Crippen LogP contribution in [0, 0.1) is 17.8 Å². The maximum Gasteiger partial charge on any atom is 0.313 e. The van der Waals surface area contributed by atoms with Gasteiger partial charge in [-0.2, -0.15) is 0 Å². The monoisotopic (exact) mass is 691 g/mol. The summed E-state index contributed by atoms with van der Waals surface area (Å²) in [7, 11) is 0. The number of aliphatic hydroxyl groups excluding tert-OH is 1. The highest BCUT2D eigenvalue weighted by Gasteiger charge is 2.72. The SMILES string of the molecule is CC(C)C[C@H](CO)N1C(=O)[C@H]2[C@@H]3C(=O)O[C@@H](c4ccccc4)[C@H](C)NC(=O)CC/C=C\[C@@H]3O[C@]23C=CCN(c2ccc4ccccc4c2)C(=O)[C@H]13. The first-order valence-corrected chi connectivity index (χ1v) is 17.9. The lowest BCUT2D eigenvalue weighted by atomic mass is 9.77. The molecule has 3 aromatic carbocycles. The van der Waals surface area contributed by atoms with Crippen LogP contribution in [-0.4, -0.2) is 76.7 Å². The molecular formula is C41H45N3O7. The van der Waals surface area contributed by atoms with Crippen molar-refractivity contribution >= 4 is 40.2 Å². The number of nitrogens with zero attached hydrogens (tertiary/aromatic N) is 2. The van der Waals surface area contributed by atoms with E-state index in [4.69, 9.17) is 9.47 Å². The zero-order chi connectivity index (χ0) is 35.9. The Morgan fingerprint density at radius 3 is 2.43 bits per heavy atom. The van der Waals surface area contributed by atoms with E-state index in [9.17, 15) is 19.5 Å². The summed E-state index contributed by atoms with van der Waals surface area (Å²) < 4.78 is 13.2. The van der Waals surface area contributed by atoms with Gasteiger partial charge in [0.25, 0.3) is 5.91 Å². The molecule has 4 heterocycles. The minimum atomic E-state index is -1.52. The molecule has 7 rings (SSSR count). The first-order valence-electron chi connectivity index (χ1n) is 17.9. The molecule has 8 atom stereocenters. The molecule has 3 amide bonds. The fourth-order valence-corrected chi connectivity index (χ4v) is 8.43. The second kappa shape index (κ2) is 14.1. The van der Waals surface area contributed by atoms with Gasteiger partial charge in [0.05, 0.1) is 30.7 Å². The number of anilines is 1. The van der Waals surface area contributed by atoms with Gasteiger partial charge in [-0.05, 0) is 54.2 Å². The van der Waals surface area contributed by atoms with Crippen molar-refractivity contribution in [2.45, 2.75) is 76.0 Å². The van der Waals surface area contributed by atoms with Crippen LogP contribution in [0.25, 0.3) is 10.8 Å². The van der Waals surface area contributed by atoms with Crippen LogP contribution in [0.2, 0.25) is 0 Å². The average Bonchev–Trinajstić information content (AvgIpc) is 3.51. The van der Waals surface area contributed by atoms with Crippen molar-refractivity contribution < 1.29 is 33.8 Å². The summed E-state index contributed by atoms with van der Waals surface area (Å²) in [5.41, 5.74) is -0.159. The van der Waals surface area contributed by atoms with Gasteiger partial charge in [-0.15, -0.1) is 0 Å². The Morgan fingerprint density at radius 2 is 1.69 bits per heavy atom. The minimum Gasteiger partial charge on any atom is -0.455 e. The number of likely N-dealkylation sites (tertiary alicyclic amines) is 1. The van der Waals surface area contributed by atoms with Gasteiger partial charge in [-0.3, -0.25) is 19.2 Å². The number of nitrogens with one attached hydrogen (secondary N) is 1. The number of hydrogen-bond donors (Lipinski definition) is 2. The maximum atomic E-state index is 15.1. The summed E-state index contributed by atoms with van der Waals surface area (Å²) in [4.78, 5) is 60.6. The molecule has 10 heteroatoms. The first-order chi connectivity index (χ1) is 24.6. The molecular weight excluding hydrogens is 646 g/mol. The van der Waals surface area contributed by atoms with E-state index in [0.717, 1.165) is 10.8 Å². The summed E-state index contributed by atoms with van der Waals surface area (Å²) in [5, 5.41) is 15.7. The maximum absolute atomic E-state index is 15.1. The number of rotatable bonds is 6. The molecule has 4 aliphatic heterocycles. The molecule has 0 saturated carbocycles. The number of aliphatic hydroxyl groups is 1. The van der Waals surface area contributed by atoms with Crippen LogP contribution in [0.5, 0.6) is 0 Å². The lowest BCUT2D eigenvalue weighted by Gasteiger charge is -2.39. The molecule has 1 spiro atoms. The predicted octanol–water partition coefficient (Wildman–Crippen LogP) is 4.87. The van der Waals surface area contributed by atoms with Gasteiger partial charge in [0.2, 0.25) is 11.8 Å². The topological polar surface area (TPSA) is 125 Å². The number of esters is 1. The number of ether oxygens (including phenoxy) is 2. The van der Waals surface area contributed by atoms with Crippen LogP contribution in [0.15, 0.2) is 97.1 Å². The van der Waals surface area contributed by atoms with E-state index in [1.54, 1.807) is 30.1 Å². The molecule has 2 fully saturated rings. The van der Waals surface area contributed by atoms with Crippen molar-refractivity contribution in [2.24, 2.45) is 17.8 Å². The molecule has 0 unspecified atom stereocenters. The van der Waals surface area contributed by atoms with Crippen molar-refractivity contribution in [1.29, 1.82) is 0 Å². The highest BCUT2D eigenvalue weighted by atomic mass is 16.6. The molecule has 0 aromatic heterocycles. The molecule has 4 aliphatic rings. The van der Waals surface area contributed by atoms with Gasteiger partial charge in [-0.25, -0.2) is 0 Å². The number of allylic oxidation sites excluding steroid dienone is 1. The predicted molar refractivity (Wildman–Crippen MR) is 192 cm³/mol. The normalized spacial score (nSPS) is 30.8. The second-order valence-electron chi connectivity index (χ2n) is 14.5. The Labute approximate surface area is 298 Å². The zero-order valence-electron chi connectivity index (χ0n) is 29.2. The van der Waals surface area contributed by atoms with E-state index < -0.39 is 59.6 Å². The van der Waals surface area contributed by atoms with Crippen molar-refractivity contribution in [3.63, 3.8) is 0 Å². The summed E-state index contributed by atoms with van der Waals surface area (Å²) in [6.07, 6.45) is 6.45. The molecule has 51 heavy (non-hydrogen) atoms. The smallest absolute Gasteiger partial charge is 0.313 e. The van der Waals surface area contributed by atoms with Crippen LogP contribution in [0.4, 0.5) is 5.69 Å². The van der Waals surface area contributed by atoms with E-state index in [1.807, 2.05) is 92.7 Å². The Kier molecular flexibility index (Phi) is 9.56. The van der Waals surface area contributed by atoms with E-state index >= 15 is 4.79 Å². The van der Waals surface area contributed by atoms with Crippen molar-refractivity contribution in [3.05, 3.63) is 103 Å². The Bertz CT molecular complexity index is 1870. The third-order valence-electron chi connectivity index (χ3n) is 10.7. The highest BCUT2D eigenvalue weighted by molar-refractivity contribution is 6.06. The molecule has 266 valence electrons. The number of hydrogen-bond acceptors (Lipinski definition) is 7. The quantitative estimate of drug-likeness (QED) is 0.279. The van der Waals surface area contributed by atoms with Crippen molar-refractivity contribution in [1.82, 2.24) is 10.2 Å². The van der Waals surface area contributed by atoms with Gasteiger partial charge in [0.15, 0.2) is 0 Å². The third-order valence-corrected chi connectivity index (χ3v) is 10.7. The van der Waals surface area contributed by atoms with E-state index in [-0.39, 0.29) is 37.3 Å². The number of amides is 3. The van der Waals surface area contributed by atoms with Crippen LogP contribution in [0.1, 0.15) is 51.7 Å². The number of cyclic esters (lactones) is 1. The average molecular weight is 692 g/mol. The number of benzene rings is 3. The number of carbonyl (C=O) groups is 4. The summed E-state index contributed by atoms with van der Waals surface area (Å²) in [5.74, 6) is -3.72. The summed E-state index contributed by atoms with van der Waals surface area (Å²) in [6, 6.07) is 20.5. The molecule has 3 aromatic rings. The van der Waals surface area contributed by atoms with Crippen molar-refractivity contribution in [2.75, 3.05) is 18.1 Å². The third kappa shape index (κ3) is 6.25. The Hall–Kier alpha value is -4.80. The van der Waals surface area contributed by atoms with Crippen LogP contribution in [-0.2, 0) is 28.7 Å². The first kappa shape index (κ1) is 34.6. The largest absolute Gasteiger partial charge is 0.455 e. The van der Waals surface area contributed by atoms with E-state index in [1.165, 1.54) is 4.90 Å². The molecule has 2 N–H and O–H groups in total. The van der Waals surface area contributed by atoms with E-state index in [2.05, 4.69) is 5.32 Å². The van der Waals surface area contributed by atoms with Gasteiger partial charge < -0.3 is 29.7 Å². The van der Waals surface area contributed by atoms with Crippen LogP contribution in [0.3, 0.4) is 0 Å². The minimum absolute atomic E-state index is 0.102. The van der Waals surface area contributed by atoms with Crippen molar-refractivity contribution in [3.8, 4) is 0 Å². The lowest BCUT2D eigenvalue weighted by molar-refractivity contribution is -0.162. The Balaban J connectivity index is 1.34. The van der Waals surface area contributed by atoms with Crippen LogP contribution < -0.4 is 10.2 Å². The van der Waals surface area contributed by atoms with E-state index in [0.29, 0.717) is 24.1 Å². The fraction of sp³-hybridized carbons (Fsp3) is 0.415. The highest BCUT2D eigenvalue weighted by Crippen LogP contribution is 2.54. The standard InChI is InChI=1S/C41H45N3O7/c1-25(2)22-31(24-45)44-37-39(48)43(30-19-18-27-12-7-8-15-29(27)23-30)21-11-20-41(37)35(38(44)47)34-32(51-41)16-9-10-17-33(46)42-26(3)36(50-40(34)49)28-13-5-4-6-14-28/h4-9,11-16,18-20,23,25-26,31-32,34-37,45H,10,17,21-22,24H2,1-3H3,(H,42,46)/b16-9-/t26-,31+,32-,34+,35+,36+,37-,41+/m0/s1. The van der Waals surface area contributed by atoms with Gasteiger partial charge >= 0.3 is 5.97 Å². The zero-order valence-corrected chi connectivity index (χ0v) is 29.2.